The number of anilines is 1. The summed E-state index contributed by atoms with van der Waals surface area (Å²) in [4.78, 5) is 11.9. The second kappa shape index (κ2) is 5.24. The van der Waals surface area contributed by atoms with E-state index in [1.807, 2.05) is 0 Å². The van der Waals surface area contributed by atoms with Crippen LogP contribution >= 0.6 is 0 Å². The summed E-state index contributed by atoms with van der Waals surface area (Å²) < 4.78 is 0. The van der Waals surface area contributed by atoms with Gasteiger partial charge in [-0.15, -0.1) is 0 Å². The van der Waals surface area contributed by atoms with Gasteiger partial charge in [0, 0.05) is 31.0 Å². The van der Waals surface area contributed by atoms with Crippen LogP contribution in [-0.4, -0.2) is 29.1 Å². The average molecular weight is 286 g/mol. The lowest BCUT2D eigenvalue weighted by Gasteiger charge is -2.35. The fraction of sp³-hybridized carbons (Fsp3) is 0.765. The van der Waals surface area contributed by atoms with Crippen molar-refractivity contribution in [1.29, 1.82) is 0 Å². The molecular formula is C17H26N4. The van der Waals surface area contributed by atoms with E-state index in [1.165, 1.54) is 49.8 Å². The van der Waals surface area contributed by atoms with Gasteiger partial charge in [-0.1, -0.05) is 12.8 Å². The number of hydrogen-bond donors (Lipinski definition) is 1. The monoisotopic (exact) mass is 286 g/mol. The molecule has 114 valence electrons. The first-order chi connectivity index (χ1) is 10.2. The maximum atomic E-state index is 5.98. The van der Waals surface area contributed by atoms with Crippen LogP contribution in [0, 0.1) is 5.41 Å². The molecule has 2 N–H and O–H groups in total. The van der Waals surface area contributed by atoms with Crippen molar-refractivity contribution in [2.45, 2.75) is 63.8 Å². The van der Waals surface area contributed by atoms with Gasteiger partial charge < -0.3 is 10.6 Å². The number of nitrogens with zero attached hydrogens (tertiary/aromatic N) is 3. The van der Waals surface area contributed by atoms with Crippen molar-refractivity contribution in [3.8, 4) is 0 Å². The van der Waals surface area contributed by atoms with E-state index in [0.717, 1.165) is 38.3 Å². The first-order valence-electron chi connectivity index (χ1n) is 8.59. The Morgan fingerprint density at radius 1 is 1.14 bits per heavy atom. The van der Waals surface area contributed by atoms with Gasteiger partial charge >= 0.3 is 0 Å². The van der Waals surface area contributed by atoms with Crippen molar-refractivity contribution in [2.75, 3.05) is 18.0 Å². The number of nitrogens with two attached hydrogens (primary N) is 1. The molecule has 1 aromatic rings. The number of aromatic nitrogens is 2. The van der Waals surface area contributed by atoms with Crippen molar-refractivity contribution < 1.29 is 0 Å². The molecule has 2 fully saturated rings. The molecule has 0 unspecified atom stereocenters. The van der Waals surface area contributed by atoms with Crippen molar-refractivity contribution in [2.24, 2.45) is 11.1 Å². The molecule has 0 bridgehead atoms. The van der Waals surface area contributed by atoms with Crippen molar-refractivity contribution in [1.82, 2.24) is 9.97 Å². The second-order valence-electron chi connectivity index (χ2n) is 7.35. The number of aryl methyl sites for hydroxylation is 1. The highest BCUT2D eigenvalue weighted by Crippen LogP contribution is 2.47. The van der Waals surface area contributed by atoms with Gasteiger partial charge in [0.25, 0.3) is 0 Å². The van der Waals surface area contributed by atoms with Crippen LogP contribution in [0.5, 0.6) is 0 Å². The van der Waals surface area contributed by atoms with Crippen molar-refractivity contribution in [3.63, 3.8) is 0 Å². The largest absolute Gasteiger partial charge is 0.341 e. The molecule has 4 rings (SSSR count). The Morgan fingerprint density at radius 2 is 1.90 bits per heavy atom. The van der Waals surface area contributed by atoms with Crippen LogP contribution in [0.25, 0.3) is 0 Å². The van der Waals surface area contributed by atoms with Crippen LogP contribution in [0.3, 0.4) is 0 Å². The minimum atomic E-state index is 0.362. The fourth-order valence-corrected chi connectivity index (χ4v) is 4.48. The first-order valence-corrected chi connectivity index (χ1v) is 8.59. The molecule has 0 atom stereocenters. The molecule has 4 heteroatoms. The number of rotatable bonds is 1. The van der Waals surface area contributed by atoms with Gasteiger partial charge in [0.1, 0.15) is 0 Å². The normalized spacial score (nSPS) is 25.3. The number of piperidine rings is 1. The van der Waals surface area contributed by atoms with Gasteiger partial charge in [-0.3, -0.25) is 0 Å². The summed E-state index contributed by atoms with van der Waals surface area (Å²) >= 11 is 0. The lowest BCUT2D eigenvalue weighted by atomic mass is 9.72. The minimum absolute atomic E-state index is 0.362. The number of fused-ring (bicyclic) bond motifs is 1. The van der Waals surface area contributed by atoms with Crippen LogP contribution in [0.15, 0.2) is 6.20 Å². The summed E-state index contributed by atoms with van der Waals surface area (Å²) in [6, 6.07) is 0.362. The van der Waals surface area contributed by atoms with Crippen LogP contribution in [0.1, 0.15) is 56.2 Å². The van der Waals surface area contributed by atoms with Crippen molar-refractivity contribution in [3.05, 3.63) is 17.5 Å². The third kappa shape index (κ3) is 2.54. The summed E-state index contributed by atoms with van der Waals surface area (Å²) in [5.41, 5.74) is 9.31. The summed E-state index contributed by atoms with van der Waals surface area (Å²) in [6.07, 6.45) is 13.6. The maximum absolute atomic E-state index is 5.98. The molecule has 1 aromatic heterocycles. The minimum Gasteiger partial charge on any atom is -0.341 e. The number of hydrogen-bond acceptors (Lipinski definition) is 4. The average Bonchev–Trinajstić information content (AvgIpc) is 2.96. The molecule has 1 saturated carbocycles. The molecule has 0 aromatic carbocycles. The molecular weight excluding hydrogens is 260 g/mol. The quantitative estimate of drug-likeness (QED) is 0.861. The lowest BCUT2D eigenvalue weighted by Crippen LogP contribution is -2.40. The molecule has 1 aliphatic heterocycles. The molecule has 4 nitrogen and oxygen atoms in total. The Bertz CT molecular complexity index is 514. The van der Waals surface area contributed by atoms with Gasteiger partial charge in [-0.25, -0.2) is 9.97 Å². The summed E-state index contributed by atoms with van der Waals surface area (Å²) in [5, 5.41) is 0. The zero-order chi connectivity index (χ0) is 14.3. The molecule has 1 saturated heterocycles. The smallest absolute Gasteiger partial charge is 0.225 e. The molecule has 21 heavy (non-hydrogen) atoms. The third-order valence-electron chi connectivity index (χ3n) is 5.89. The maximum Gasteiger partial charge on any atom is 0.225 e. The topological polar surface area (TPSA) is 55.0 Å². The van der Waals surface area contributed by atoms with E-state index in [1.54, 1.807) is 0 Å². The highest BCUT2D eigenvalue weighted by atomic mass is 15.3. The molecule has 2 heterocycles. The predicted molar refractivity (Wildman–Crippen MR) is 84.4 cm³/mol. The third-order valence-corrected chi connectivity index (χ3v) is 5.89. The molecule has 2 aliphatic carbocycles. The van der Waals surface area contributed by atoms with Gasteiger partial charge in [0.05, 0.1) is 0 Å². The van der Waals surface area contributed by atoms with Crippen LogP contribution < -0.4 is 10.6 Å². The zero-order valence-electron chi connectivity index (χ0n) is 12.9. The van der Waals surface area contributed by atoms with Gasteiger partial charge in [0.2, 0.25) is 5.95 Å². The fourth-order valence-electron chi connectivity index (χ4n) is 4.48. The van der Waals surface area contributed by atoms with Crippen LogP contribution in [-0.2, 0) is 12.8 Å². The Kier molecular flexibility index (Phi) is 3.37. The highest BCUT2D eigenvalue weighted by molar-refractivity contribution is 5.35. The Balaban J connectivity index is 1.53. The Morgan fingerprint density at radius 3 is 2.67 bits per heavy atom. The summed E-state index contributed by atoms with van der Waals surface area (Å²) in [7, 11) is 0. The highest BCUT2D eigenvalue weighted by Gasteiger charge is 2.37. The Hall–Kier alpha value is -1.16. The SMILES string of the molecule is NC1CCN(c2ncc3c(n2)CCC2(CCCC2)C3)CC1. The van der Waals surface area contributed by atoms with Gasteiger partial charge in [-0.05, 0) is 55.9 Å². The van der Waals surface area contributed by atoms with E-state index in [2.05, 4.69) is 16.1 Å². The van der Waals surface area contributed by atoms with E-state index in [-0.39, 0.29) is 0 Å². The van der Waals surface area contributed by atoms with E-state index in [4.69, 9.17) is 10.7 Å². The van der Waals surface area contributed by atoms with E-state index in [0.29, 0.717) is 11.5 Å². The van der Waals surface area contributed by atoms with Crippen molar-refractivity contribution >= 4 is 5.95 Å². The van der Waals surface area contributed by atoms with E-state index in [9.17, 15) is 0 Å². The van der Waals surface area contributed by atoms with Gasteiger partial charge in [0.15, 0.2) is 0 Å². The summed E-state index contributed by atoms with van der Waals surface area (Å²) in [5.74, 6) is 0.933. The predicted octanol–water partition coefficient (Wildman–Crippen LogP) is 2.45. The summed E-state index contributed by atoms with van der Waals surface area (Å²) in [6.45, 7) is 2.01. The molecule has 3 aliphatic rings. The molecule has 0 amide bonds. The van der Waals surface area contributed by atoms with Crippen LogP contribution in [0.4, 0.5) is 5.95 Å². The molecule has 0 radical (unpaired) electrons. The standard InChI is InChI=1S/C17H26N4/c18-14-4-9-21(10-5-14)16-19-12-13-11-17(6-1-2-7-17)8-3-15(13)20-16/h12,14H,1-11,18H2. The first kappa shape index (κ1) is 13.5. The Labute approximate surface area is 127 Å². The second-order valence-corrected chi connectivity index (χ2v) is 7.35. The zero-order valence-corrected chi connectivity index (χ0v) is 12.9. The van der Waals surface area contributed by atoms with Crippen LogP contribution in [0.2, 0.25) is 0 Å². The molecule has 1 spiro atoms. The lowest BCUT2D eigenvalue weighted by molar-refractivity contribution is 0.252. The van der Waals surface area contributed by atoms with E-state index >= 15 is 0 Å². The van der Waals surface area contributed by atoms with E-state index < -0.39 is 0 Å². The van der Waals surface area contributed by atoms with Gasteiger partial charge in [-0.2, -0.15) is 0 Å².